The van der Waals surface area contributed by atoms with Crippen LogP contribution < -0.4 is 10.9 Å². The highest BCUT2D eigenvalue weighted by molar-refractivity contribution is 5.76. The summed E-state index contributed by atoms with van der Waals surface area (Å²) in [5.41, 5.74) is 1.28. The van der Waals surface area contributed by atoms with Crippen molar-refractivity contribution in [2.24, 2.45) is 5.92 Å². The van der Waals surface area contributed by atoms with Gasteiger partial charge in [0, 0.05) is 13.1 Å². The molecule has 0 spiro atoms. The lowest BCUT2D eigenvalue weighted by Gasteiger charge is -2.29. The summed E-state index contributed by atoms with van der Waals surface area (Å²) in [6, 6.07) is 9.73. The molecule has 1 aliphatic rings. The molecule has 0 aliphatic carbocycles. The van der Waals surface area contributed by atoms with Crippen LogP contribution in [-0.4, -0.2) is 50.8 Å². The number of para-hydroxylation sites is 1. The van der Waals surface area contributed by atoms with Gasteiger partial charge in [0.15, 0.2) is 5.65 Å². The zero-order valence-corrected chi connectivity index (χ0v) is 15.7. The number of H-pyrrole nitrogens is 1. The average Bonchev–Trinajstić information content (AvgIpc) is 3.12. The molecule has 0 amide bonds. The van der Waals surface area contributed by atoms with Gasteiger partial charge in [-0.15, -0.1) is 0 Å². The topological polar surface area (TPSA) is 78.8 Å². The molecule has 142 valence electrons. The molecule has 4 rings (SSSR count). The predicted molar refractivity (Wildman–Crippen MR) is 107 cm³/mol. The van der Waals surface area contributed by atoms with E-state index >= 15 is 0 Å². The first-order chi connectivity index (χ1) is 13.2. The van der Waals surface area contributed by atoms with Crippen molar-refractivity contribution >= 4 is 17.0 Å². The molecule has 1 aromatic carbocycles. The number of fused-ring (bicyclic) bond motifs is 1. The number of aromatic amines is 1. The van der Waals surface area contributed by atoms with Gasteiger partial charge in [-0.25, -0.2) is 4.68 Å². The maximum Gasteiger partial charge on any atom is 0.263 e. The maximum absolute atomic E-state index is 12.4. The van der Waals surface area contributed by atoms with Crippen LogP contribution in [-0.2, 0) is 0 Å². The molecule has 27 heavy (non-hydrogen) atoms. The maximum atomic E-state index is 12.4. The molecule has 7 heteroatoms. The summed E-state index contributed by atoms with van der Waals surface area (Å²) in [5.74, 6) is 0.971. The Balaban J connectivity index is 1.49. The Morgan fingerprint density at radius 2 is 1.96 bits per heavy atom. The molecule has 0 bridgehead atoms. The Labute approximate surface area is 158 Å². The van der Waals surface area contributed by atoms with Crippen molar-refractivity contribution in [3.63, 3.8) is 0 Å². The summed E-state index contributed by atoms with van der Waals surface area (Å²) < 4.78 is 1.70. The zero-order chi connectivity index (χ0) is 18.6. The SMILES string of the molecule is CC(CNc1nc2c(cnn2-c2ccccc2)c(=O)[nH]1)CN1CCCCC1. The molecule has 1 saturated heterocycles. The van der Waals surface area contributed by atoms with Crippen LogP contribution in [0.4, 0.5) is 5.95 Å². The van der Waals surface area contributed by atoms with Gasteiger partial charge >= 0.3 is 0 Å². The fourth-order valence-electron chi connectivity index (χ4n) is 3.68. The van der Waals surface area contributed by atoms with Gasteiger partial charge < -0.3 is 10.2 Å². The molecule has 1 atom stereocenters. The summed E-state index contributed by atoms with van der Waals surface area (Å²) in [6.45, 7) is 6.46. The third kappa shape index (κ3) is 4.03. The predicted octanol–water partition coefficient (Wildman–Crippen LogP) is 2.64. The molecule has 1 aliphatic heterocycles. The van der Waals surface area contributed by atoms with Gasteiger partial charge in [0.2, 0.25) is 5.95 Å². The third-order valence-corrected chi connectivity index (χ3v) is 5.08. The lowest BCUT2D eigenvalue weighted by molar-refractivity contribution is 0.204. The number of hydrogen-bond donors (Lipinski definition) is 2. The minimum absolute atomic E-state index is 0.173. The van der Waals surface area contributed by atoms with E-state index in [0.717, 1.165) is 18.8 Å². The van der Waals surface area contributed by atoms with Crippen LogP contribution >= 0.6 is 0 Å². The van der Waals surface area contributed by atoms with Crippen LogP contribution in [0.2, 0.25) is 0 Å². The Kier molecular flexibility index (Phi) is 5.20. The molecule has 2 aromatic heterocycles. The van der Waals surface area contributed by atoms with E-state index in [2.05, 4.69) is 32.2 Å². The minimum atomic E-state index is -0.173. The molecular weight excluding hydrogens is 340 g/mol. The van der Waals surface area contributed by atoms with Gasteiger partial charge in [-0.2, -0.15) is 10.1 Å². The minimum Gasteiger partial charge on any atom is -0.355 e. The number of rotatable bonds is 6. The second-order valence-corrected chi connectivity index (χ2v) is 7.39. The Bertz CT molecular complexity index is 942. The quantitative estimate of drug-likeness (QED) is 0.701. The molecule has 0 saturated carbocycles. The van der Waals surface area contributed by atoms with Gasteiger partial charge in [-0.3, -0.25) is 9.78 Å². The first-order valence-corrected chi connectivity index (χ1v) is 9.70. The fourth-order valence-corrected chi connectivity index (χ4v) is 3.68. The number of nitrogens with zero attached hydrogens (tertiary/aromatic N) is 4. The third-order valence-electron chi connectivity index (χ3n) is 5.08. The van der Waals surface area contributed by atoms with Gasteiger partial charge in [-0.05, 0) is 44.0 Å². The number of hydrogen-bond acceptors (Lipinski definition) is 5. The summed E-state index contributed by atoms with van der Waals surface area (Å²) >= 11 is 0. The summed E-state index contributed by atoms with van der Waals surface area (Å²) in [7, 11) is 0. The van der Waals surface area contributed by atoms with Gasteiger partial charge in [0.1, 0.15) is 5.39 Å². The number of likely N-dealkylation sites (tertiary alicyclic amines) is 1. The lowest BCUT2D eigenvalue weighted by atomic mass is 10.1. The molecule has 3 aromatic rings. The van der Waals surface area contributed by atoms with Crippen LogP contribution in [0.15, 0.2) is 41.3 Å². The molecular formula is C20H26N6O. The standard InChI is InChI=1S/C20H26N6O/c1-15(14-25-10-6-3-7-11-25)12-21-20-23-18-17(19(27)24-20)13-22-26(18)16-8-4-2-5-9-16/h2,4-5,8-9,13,15H,3,6-7,10-12,14H2,1H3,(H2,21,23,24,27). The number of nitrogens with one attached hydrogen (secondary N) is 2. The van der Waals surface area contributed by atoms with Crippen LogP contribution in [0.25, 0.3) is 16.7 Å². The first-order valence-electron chi connectivity index (χ1n) is 9.70. The smallest absolute Gasteiger partial charge is 0.263 e. The van der Waals surface area contributed by atoms with Gasteiger partial charge in [0.25, 0.3) is 5.56 Å². The van der Waals surface area contributed by atoms with E-state index in [1.54, 1.807) is 10.9 Å². The van der Waals surface area contributed by atoms with Crippen molar-refractivity contribution in [1.29, 1.82) is 0 Å². The fraction of sp³-hybridized carbons (Fsp3) is 0.450. The van der Waals surface area contributed by atoms with Crippen molar-refractivity contribution in [3.05, 3.63) is 46.9 Å². The number of anilines is 1. The Hall–Kier alpha value is -2.67. The van der Waals surface area contributed by atoms with Crippen LogP contribution in [0.3, 0.4) is 0 Å². The van der Waals surface area contributed by atoms with Crippen molar-refractivity contribution < 1.29 is 0 Å². The largest absolute Gasteiger partial charge is 0.355 e. The zero-order valence-electron chi connectivity index (χ0n) is 15.7. The average molecular weight is 366 g/mol. The molecule has 1 fully saturated rings. The van der Waals surface area contributed by atoms with E-state index in [9.17, 15) is 4.79 Å². The second kappa shape index (κ2) is 7.92. The second-order valence-electron chi connectivity index (χ2n) is 7.39. The number of piperidine rings is 1. The normalized spacial score (nSPS) is 16.5. The lowest BCUT2D eigenvalue weighted by Crippen LogP contribution is -2.35. The summed E-state index contributed by atoms with van der Waals surface area (Å²) in [6.07, 6.45) is 5.52. The van der Waals surface area contributed by atoms with E-state index < -0.39 is 0 Å². The summed E-state index contributed by atoms with van der Waals surface area (Å²) in [5, 5.41) is 8.13. The van der Waals surface area contributed by atoms with Crippen LogP contribution in [0.1, 0.15) is 26.2 Å². The molecule has 0 radical (unpaired) electrons. The van der Waals surface area contributed by atoms with Crippen LogP contribution in [0, 0.1) is 5.92 Å². The first kappa shape index (κ1) is 17.7. The Morgan fingerprint density at radius 1 is 1.19 bits per heavy atom. The van der Waals surface area contributed by atoms with E-state index in [-0.39, 0.29) is 5.56 Å². The van der Waals surface area contributed by atoms with Crippen molar-refractivity contribution in [2.75, 3.05) is 31.5 Å². The molecule has 3 heterocycles. The van der Waals surface area contributed by atoms with E-state index in [0.29, 0.717) is 22.9 Å². The highest BCUT2D eigenvalue weighted by Gasteiger charge is 2.15. The van der Waals surface area contributed by atoms with Crippen molar-refractivity contribution in [2.45, 2.75) is 26.2 Å². The van der Waals surface area contributed by atoms with Crippen molar-refractivity contribution in [3.8, 4) is 5.69 Å². The molecule has 1 unspecified atom stereocenters. The van der Waals surface area contributed by atoms with Gasteiger partial charge in [0.05, 0.1) is 11.9 Å². The molecule has 7 nitrogen and oxygen atoms in total. The highest BCUT2D eigenvalue weighted by atomic mass is 16.1. The number of benzene rings is 1. The summed E-state index contributed by atoms with van der Waals surface area (Å²) in [4.78, 5) is 22.4. The van der Waals surface area contributed by atoms with E-state index in [1.165, 1.54) is 32.4 Å². The van der Waals surface area contributed by atoms with Crippen molar-refractivity contribution in [1.82, 2.24) is 24.6 Å². The number of aromatic nitrogens is 4. The molecule has 2 N–H and O–H groups in total. The Morgan fingerprint density at radius 3 is 2.74 bits per heavy atom. The van der Waals surface area contributed by atoms with E-state index in [1.807, 2.05) is 30.3 Å². The van der Waals surface area contributed by atoms with Gasteiger partial charge in [-0.1, -0.05) is 31.5 Å². The van der Waals surface area contributed by atoms with E-state index in [4.69, 9.17) is 0 Å². The monoisotopic (exact) mass is 366 g/mol. The van der Waals surface area contributed by atoms with Crippen LogP contribution in [0.5, 0.6) is 0 Å². The highest BCUT2D eigenvalue weighted by Crippen LogP contribution is 2.15.